The van der Waals surface area contributed by atoms with Crippen LogP contribution in [-0.4, -0.2) is 15.6 Å². The van der Waals surface area contributed by atoms with Crippen LogP contribution < -0.4 is 0 Å². The number of aryl methyl sites for hydroxylation is 2. The van der Waals surface area contributed by atoms with Gasteiger partial charge in [0.2, 0.25) is 0 Å². The van der Waals surface area contributed by atoms with Crippen LogP contribution in [0.1, 0.15) is 16.1 Å². The molecule has 0 aromatic carbocycles. The molecule has 2 heterocycles. The van der Waals surface area contributed by atoms with Crippen molar-refractivity contribution in [2.24, 2.45) is 0 Å². The molecule has 0 aliphatic rings. The number of aromatic nitrogens is 1. The smallest absolute Gasteiger partial charge is 0.352 e. The molecule has 0 atom stereocenters. The van der Waals surface area contributed by atoms with Crippen LogP contribution in [0.4, 0.5) is 0 Å². The maximum Gasteiger partial charge on any atom is 0.352 e. The molecule has 0 radical (unpaired) electrons. The quantitative estimate of drug-likeness (QED) is 0.912. The molecular formula is C11H10ClNO2S. The molecule has 0 amide bonds. The average Bonchev–Trinajstić information content (AvgIpc) is 2.83. The second-order valence-electron chi connectivity index (χ2n) is 3.42. The highest BCUT2D eigenvalue weighted by atomic mass is 35.5. The first-order chi connectivity index (χ1) is 7.66. The van der Waals surface area contributed by atoms with Gasteiger partial charge in [0.1, 0.15) is 5.69 Å². The van der Waals surface area contributed by atoms with Crippen molar-refractivity contribution in [1.29, 1.82) is 0 Å². The summed E-state index contributed by atoms with van der Waals surface area (Å²) in [5.41, 5.74) is 1.45. The van der Waals surface area contributed by atoms with Crippen molar-refractivity contribution >= 4 is 28.9 Å². The maximum absolute atomic E-state index is 10.9. The molecular weight excluding hydrogens is 246 g/mol. The molecule has 0 spiro atoms. The molecule has 2 aromatic rings. The van der Waals surface area contributed by atoms with Crippen LogP contribution in [-0.2, 0) is 13.0 Å². The predicted octanol–water partition coefficient (Wildman–Crippen LogP) is 3.14. The van der Waals surface area contributed by atoms with Gasteiger partial charge < -0.3 is 9.67 Å². The number of rotatable bonds is 4. The Bertz CT molecular complexity index is 490. The monoisotopic (exact) mass is 255 g/mol. The van der Waals surface area contributed by atoms with Gasteiger partial charge in [0.25, 0.3) is 0 Å². The summed E-state index contributed by atoms with van der Waals surface area (Å²) in [5.74, 6) is -0.947. The summed E-state index contributed by atoms with van der Waals surface area (Å²) in [6, 6.07) is 3.51. The lowest BCUT2D eigenvalue weighted by atomic mass is 10.2. The lowest BCUT2D eigenvalue weighted by molar-refractivity contribution is 0.0685. The third kappa shape index (κ3) is 2.46. The van der Waals surface area contributed by atoms with E-state index < -0.39 is 5.97 Å². The van der Waals surface area contributed by atoms with E-state index in [4.69, 9.17) is 16.7 Å². The third-order valence-electron chi connectivity index (χ3n) is 2.30. The third-order valence-corrected chi connectivity index (χ3v) is 3.24. The maximum atomic E-state index is 10.9. The number of hydrogen-bond acceptors (Lipinski definition) is 2. The van der Waals surface area contributed by atoms with E-state index in [0.717, 1.165) is 6.42 Å². The summed E-state index contributed by atoms with van der Waals surface area (Å²) in [6.45, 7) is 0.630. The summed E-state index contributed by atoms with van der Waals surface area (Å²) >= 11 is 7.43. The summed E-state index contributed by atoms with van der Waals surface area (Å²) in [5, 5.41) is 13.5. The standard InChI is InChI=1S/C11H10ClNO2S/c12-9-5-10(11(14)15)13(6-9)3-1-8-2-4-16-7-8/h2,4-7H,1,3H2,(H,14,15). The Morgan fingerprint density at radius 3 is 3.00 bits per heavy atom. The highest BCUT2D eigenvalue weighted by Crippen LogP contribution is 2.15. The summed E-state index contributed by atoms with van der Waals surface area (Å²) in [4.78, 5) is 10.9. The summed E-state index contributed by atoms with van der Waals surface area (Å²) in [6.07, 6.45) is 2.46. The van der Waals surface area contributed by atoms with Crippen molar-refractivity contribution in [3.63, 3.8) is 0 Å². The molecule has 1 N–H and O–H groups in total. The van der Waals surface area contributed by atoms with E-state index in [9.17, 15) is 4.79 Å². The molecule has 0 fully saturated rings. The van der Waals surface area contributed by atoms with Crippen LogP contribution in [0.25, 0.3) is 0 Å². The fourth-order valence-electron chi connectivity index (χ4n) is 1.52. The minimum atomic E-state index is -0.947. The van der Waals surface area contributed by atoms with Crippen molar-refractivity contribution in [3.05, 3.63) is 45.4 Å². The number of hydrogen-bond donors (Lipinski definition) is 1. The molecule has 0 bridgehead atoms. The molecule has 84 valence electrons. The van der Waals surface area contributed by atoms with Crippen molar-refractivity contribution in [2.75, 3.05) is 0 Å². The molecule has 0 aliphatic heterocycles. The number of carboxylic acid groups (broad SMARTS) is 1. The van der Waals surface area contributed by atoms with Crippen molar-refractivity contribution < 1.29 is 9.90 Å². The Kier molecular flexibility index (Phi) is 3.31. The fourth-order valence-corrected chi connectivity index (χ4v) is 2.45. The largest absolute Gasteiger partial charge is 0.477 e. The average molecular weight is 256 g/mol. The van der Waals surface area contributed by atoms with Gasteiger partial charge in [-0.2, -0.15) is 11.3 Å². The zero-order valence-corrected chi connectivity index (χ0v) is 9.96. The highest BCUT2D eigenvalue weighted by molar-refractivity contribution is 7.07. The van der Waals surface area contributed by atoms with Gasteiger partial charge in [-0.3, -0.25) is 0 Å². The zero-order chi connectivity index (χ0) is 11.5. The van der Waals surface area contributed by atoms with Crippen LogP contribution in [0.2, 0.25) is 5.02 Å². The van der Waals surface area contributed by atoms with Gasteiger partial charge in [-0.05, 0) is 34.9 Å². The van der Waals surface area contributed by atoms with E-state index in [1.54, 1.807) is 22.1 Å². The van der Waals surface area contributed by atoms with Gasteiger partial charge in [0.15, 0.2) is 0 Å². The van der Waals surface area contributed by atoms with E-state index in [0.29, 0.717) is 11.6 Å². The second-order valence-corrected chi connectivity index (χ2v) is 4.64. The number of thiophene rings is 1. The predicted molar refractivity (Wildman–Crippen MR) is 64.4 cm³/mol. The topological polar surface area (TPSA) is 42.2 Å². The fraction of sp³-hybridized carbons (Fsp3) is 0.182. The molecule has 0 aliphatic carbocycles. The van der Waals surface area contributed by atoms with E-state index in [-0.39, 0.29) is 5.69 Å². The lowest BCUT2D eigenvalue weighted by Gasteiger charge is -2.04. The summed E-state index contributed by atoms with van der Waals surface area (Å²) in [7, 11) is 0. The second kappa shape index (κ2) is 4.72. The normalized spacial score (nSPS) is 10.6. The number of nitrogens with zero attached hydrogens (tertiary/aromatic N) is 1. The molecule has 2 rings (SSSR count). The highest BCUT2D eigenvalue weighted by Gasteiger charge is 2.11. The van der Waals surface area contributed by atoms with E-state index in [1.807, 2.05) is 11.4 Å². The first kappa shape index (κ1) is 11.2. The number of carbonyl (C=O) groups is 1. The van der Waals surface area contributed by atoms with Crippen LogP contribution in [0, 0.1) is 0 Å². The van der Waals surface area contributed by atoms with Crippen molar-refractivity contribution in [2.45, 2.75) is 13.0 Å². The van der Waals surface area contributed by atoms with Gasteiger partial charge in [0.05, 0.1) is 5.02 Å². The number of carboxylic acids is 1. The van der Waals surface area contributed by atoms with Gasteiger partial charge in [-0.15, -0.1) is 0 Å². The minimum absolute atomic E-state index is 0.236. The molecule has 2 aromatic heterocycles. The molecule has 5 heteroatoms. The van der Waals surface area contributed by atoms with Crippen molar-refractivity contribution in [1.82, 2.24) is 4.57 Å². The Balaban J connectivity index is 2.12. The number of aromatic carboxylic acids is 1. The molecule has 16 heavy (non-hydrogen) atoms. The Morgan fingerprint density at radius 1 is 1.56 bits per heavy atom. The summed E-state index contributed by atoms with van der Waals surface area (Å²) < 4.78 is 1.67. The molecule has 0 unspecified atom stereocenters. The lowest BCUT2D eigenvalue weighted by Crippen LogP contribution is -2.08. The molecule has 3 nitrogen and oxygen atoms in total. The number of halogens is 1. The van der Waals surface area contributed by atoms with Crippen LogP contribution in [0.5, 0.6) is 0 Å². The van der Waals surface area contributed by atoms with Gasteiger partial charge in [0, 0.05) is 12.7 Å². The van der Waals surface area contributed by atoms with Gasteiger partial charge in [-0.25, -0.2) is 4.79 Å². The Labute approximate surface area is 102 Å². The van der Waals surface area contributed by atoms with E-state index in [2.05, 4.69) is 5.38 Å². The minimum Gasteiger partial charge on any atom is -0.477 e. The Hall–Kier alpha value is -1.26. The van der Waals surface area contributed by atoms with Crippen LogP contribution >= 0.6 is 22.9 Å². The first-order valence-corrected chi connectivity index (χ1v) is 6.09. The molecule has 0 saturated carbocycles. The Morgan fingerprint density at radius 2 is 2.38 bits per heavy atom. The van der Waals surface area contributed by atoms with E-state index in [1.165, 1.54) is 11.6 Å². The van der Waals surface area contributed by atoms with E-state index >= 15 is 0 Å². The zero-order valence-electron chi connectivity index (χ0n) is 8.39. The van der Waals surface area contributed by atoms with Crippen LogP contribution in [0.15, 0.2) is 29.1 Å². The van der Waals surface area contributed by atoms with Gasteiger partial charge >= 0.3 is 5.97 Å². The van der Waals surface area contributed by atoms with Crippen LogP contribution in [0.3, 0.4) is 0 Å². The SMILES string of the molecule is O=C(O)c1cc(Cl)cn1CCc1ccsc1. The van der Waals surface area contributed by atoms with Crippen molar-refractivity contribution in [3.8, 4) is 0 Å². The first-order valence-electron chi connectivity index (χ1n) is 4.77. The van der Waals surface area contributed by atoms with Gasteiger partial charge in [-0.1, -0.05) is 11.6 Å². The molecule has 0 saturated heterocycles.